The normalized spacial score (nSPS) is 11.3. The zero-order valence-electron chi connectivity index (χ0n) is 12.6. The van der Waals surface area contributed by atoms with Crippen molar-refractivity contribution in [2.75, 3.05) is 17.7 Å². The fraction of sp³-hybridized carbons (Fsp3) is 0.600. The highest BCUT2D eigenvalue weighted by Crippen LogP contribution is 2.27. The van der Waals surface area contributed by atoms with Gasteiger partial charge in [-0.05, 0) is 44.3 Å². The molecule has 0 radical (unpaired) electrons. The molecular weight excluding hydrogens is 268 g/mol. The molecule has 0 spiro atoms. The molecule has 0 bridgehead atoms. The number of nitrogens with two attached hydrogens (primary N) is 1. The van der Waals surface area contributed by atoms with E-state index in [0.717, 1.165) is 17.6 Å². The van der Waals surface area contributed by atoms with Crippen molar-refractivity contribution in [1.82, 2.24) is 14.5 Å². The third-order valence-corrected chi connectivity index (χ3v) is 4.61. The highest BCUT2D eigenvalue weighted by Gasteiger charge is 2.14. The Labute approximate surface area is 125 Å². The van der Waals surface area contributed by atoms with Gasteiger partial charge < -0.3 is 10.3 Å². The van der Waals surface area contributed by atoms with Crippen LogP contribution < -0.4 is 5.73 Å². The largest absolute Gasteiger partial charge is 0.383 e. The molecule has 0 saturated carbocycles. The number of hydrogen-bond donors (Lipinski definition) is 1. The van der Waals surface area contributed by atoms with E-state index < -0.39 is 0 Å². The molecule has 0 atom stereocenters. The lowest BCUT2D eigenvalue weighted by Crippen LogP contribution is -2.02. The van der Waals surface area contributed by atoms with Crippen molar-refractivity contribution in [3.8, 4) is 0 Å². The first-order valence-corrected chi connectivity index (χ1v) is 8.61. The maximum atomic E-state index is 5.98. The monoisotopic (exact) mass is 292 g/mol. The maximum Gasteiger partial charge on any atom is 0.145 e. The molecule has 0 saturated heterocycles. The summed E-state index contributed by atoms with van der Waals surface area (Å²) >= 11 is 1.93. The summed E-state index contributed by atoms with van der Waals surface area (Å²) < 4.78 is 2.29. The zero-order valence-corrected chi connectivity index (χ0v) is 13.5. The molecule has 20 heavy (non-hydrogen) atoms. The second-order valence-electron chi connectivity index (χ2n) is 5.23. The number of rotatable bonds is 7. The lowest BCUT2D eigenvalue weighted by Gasteiger charge is -2.07. The molecule has 5 heteroatoms. The van der Waals surface area contributed by atoms with Gasteiger partial charge in [0.25, 0.3) is 0 Å². The van der Waals surface area contributed by atoms with Crippen molar-refractivity contribution in [3.63, 3.8) is 0 Å². The van der Waals surface area contributed by atoms with Gasteiger partial charge in [-0.15, -0.1) is 0 Å². The summed E-state index contributed by atoms with van der Waals surface area (Å²) in [5, 5.41) is 1.02. The molecule has 0 fully saturated rings. The average molecular weight is 292 g/mol. The number of nitrogens with zero attached hydrogens (tertiary/aromatic N) is 3. The Hall–Kier alpha value is -1.23. The van der Waals surface area contributed by atoms with Gasteiger partial charge in [0.15, 0.2) is 0 Å². The van der Waals surface area contributed by atoms with Gasteiger partial charge in [-0.25, -0.2) is 9.97 Å². The van der Waals surface area contributed by atoms with Crippen LogP contribution in [0.5, 0.6) is 0 Å². The van der Waals surface area contributed by atoms with Crippen LogP contribution in [0.15, 0.2) is 6.33 Å². The van der Waals surface area contributed by atoms with Crippen LogP contribution in [0.3, 0.4) is 0 Å². The molecule has 0 aliphatic carbocycles. The summed E-state index contributed by atoms with van der Waals surface area (Å²) in [5.74, 6) is 1.86. The molecule has 2 aromatic heterocycles. The second-order valence-corrected chi connectivity index (χ2v) is 6.21. The van der Waals surface area contributed by atoms with Crippen LogP contribution in [0.2, 0.25) is 0 Å². The predicted molar refractivity (Wildman–Crippen MR) is 88.3 cm³/mol. The first-order valence-electron chi connectivity index (χ1n) is 7.21. The lowest BCUT2D eigenvalue weighted by molar-refractivity contribution is 0.584. The van der Waals surface area contributed by atoms with E-state index in [9.17, 15) is 0 Å². The third kappa shape index (κ3) is 3.08. The van der Waals surface area contributed by atoms with Gasteiger partial charge in [0.05, 0.1) is 5.39 Å². The number of hydrogen-bond acceptors (Lipinski definition) is 4. The summed E-state index contributed by atoms with van der Waals surface area (Å²) in [6.45, 7) is 5.27. The SMILES string of the molecule is CSCCCCCCn1c(C)c(C)c2c(N)ncnc21. The first-order chi connectivity index (χ1) is 9.66. The number of unbranched alkanes of at least 4 members (excludes halogenated alkanes) is 3. The number of aromatic nitrogens is 3. The Morgan fingerprint density at radius 1 is 1.15 bits per heavy atom. The molecule has 2 heterocycles. The van der Waals surface area contributed by atoms with E-state index in [-0.39, 0.29) is 0 Å². The summed E-state index contributed by atoms with van der Waals surface area (Å²) in [6, 6.07) is 0. The number of anilines is 1. The summed E-state index contributed by atoms with van der Waals surface area (Å²) in [6.07, 6.45) is 8.84. The van der Waals surface area contributed by atoms with Crippen LogP contribution in [0.1, 0.15) is 36.9 Å². The number of aryl methyl sites for hydroxylation is 2. The molecule has 0 aliphatic rings. The van der Waals surface area contributed by atoms with Crippen LogP contribution in [0.4, 0.5) is 5.82 Å². The molecule has 0 aliphatic heterocycles. The molecular formula is C15H24N4S. The fourth-order valence-electron chi connectivity index (χ4n) is 2.64. The lowest BCUT2D eigenvalue weighted by atomic mass is 10.2. The van der Waals surface area contributed by atoms with E-state index in [0.29, 0.717) is 5.82 Å². The summed E-state index contributed by atoms with van der Waals surface area (Å²) in [4.78, 5) is 8.52. The molecule has 2 N–H and O–H groups in total. The third-order valence-electron chi connectivity index (χ3n) is 3.92. The fourth-order valence-corrected chi connectivity index (χ4v) is 3.13. The van der Waals surface area contributed by atoms with Gasteiger partial charge in [-0.3, -0.25) is 0 Å². The summed E-state index contributed by atoms with van der Waals surface area (Å²) in [5.41, 5.74) is 9.43. The summed E-state index contributed by atoms with van der Waals surface area (Å²) in [7, 11) is 0. The molecule has 0 amide bonds. The van der Waals surface area contributed by atoms with Gasteiger partial charge >= 0.3 is 0 Å². The van der Waals surface area contributed by atoms with Crippen LogP contribution in [0.25, 0.3) is 11.0 Å². The molecule has 2 aromatic rings. The average Bonchev–Trinajstić information content (AvgIpc) is 2.68. The van der Waals surface area contributed by atoms with Crippen LogP contribution in [-0.4, -0.2) is 26.5 Å². The van der Waals surface area contributed by atoms with Crippen molar-refractivity contribution < 1.29 is 0 Å². The van der Waals surface area contributed by atoms with E-state index in [1.165, 1.54) is 42.7 Å². The van der Waals surface area contributed by atoms with Gasteiger partial charge in [0.1, 0.15) is 17.8 Å². The quantitative estimate of drug-likeness (QED) is 0.793. The van der Waals surface area contributed by atoms with Gasteiger partial charge in [0, 0.05) is 12.2 Å². The minimum absolute atomic E-state index is 0.592. The maximum absolute atomic E-state index is 5.98. The Morgan fingerprint density at radius 2 is 1.90 bits per heavy atom. The van der Waals surface area contributed by atoms with Crippen LogP contribution in [-0.2, 0) is 6.54 Å². The standard InChI is InChI=1S/C15H24N4S/c1-11-12(2)19(8-6-4-5-7-9-20-3)15-13(11)14(16)17-10-18-15/h10H,4-9H2,1-3H3,(H2,16,17,18). The minimum Gasteiger partial charge on any atom is -0.383 e. The number of thioether (sulfide) groups is 1. The van der Waals surface area contributed by atoms with E-state index in [4.69, 9.17) is 5.73 Å². The topological polar surface area (TPSA) is 56.7 Å². The highest BCUT2D eigenvalue weighted by molar-refractivity contribution is 7.98. The van der Waals surface area contributed by atoms with E-state index in [2.05, 4.69) is 34.6 Å². The van der Waals surface area contributed by atoms with Crippen molar-refractivity contribution in [1.29, 1.82) is 0 Å². The molecule has 0 unspecified atom stereocenters. The zero-order chi connectivity index (χ0) is 14.5. The smallest absolute Gasteiger partial charge is 0.145 e. The Morgan fingerprint density at radius 3 is 2.65 bits per heavy atom. The van der Waals surface area contributed by atoms with E-state index >= 15 is 0 Å². The first kappa shape index (κ1) is 15.2. The Balaban J connectivity index is 2.07. The Bertz CT molecular complexity index is 577. The second kappa shape index (κ2) is 6.97. The van der Waals surface area contributed by atoms with Gasteiger partial charge in [-0.1, -0.05) is 12.8 Å². The van der Waals surface area contributed by atoms with Gasteiger partial charge in [0.2, 0.25) is 0 Å². The molecule has 110 valence electrons. The molecule has 2 rings (SSSR count). The van der Waals surface area contributed by atoms with Crippen LogP contribution in [0, 0.1) is 13.8 Å². The predicted octanol–water partition coefficient (Wildman–Crippen LogP) is 3.55. The van der Waals surface area contributed by atoms with E-state index in [1.54, 1.807) is 6.33 Å². The van der Waals surface area contributed by atoms with Crippen molar-refractivity contribution in [2.24, 2.45) is 0 Å². The van der Waals surface area contributed by atoms with Crippen LogP contribution >= 0.6 is 11.8 Å². The number of fused-ring (bicyclic) bond motifs is 1. The van der Waals surface area contributed by atoms with Crippen molar-refractivity contribution in [2.45, 2.75) is 46.1 Å². The van der Waals surface area contributed by atoms with Gasteiger partial charge in [-0.2, -0.15) is 11.8 Å². The number of nitrogen functional groups attached to an aromatic ring is 1. The van der Waals surface area contributed by atoms with Crippen molar-refractivity contribution >= 4 is 28.6 Å². The molecule has 0 aromatic carbocycles. The Kier molecular flexibility index (Phi) is 5.29. The highest BCUT2D eigenvalue weighted by atomic mass is 32.2. The minimum atomic E-state index is 0.592. The van der Waals surface area contributed by atoms with Crippen molar-refractivity contribution in [3.05, 3.63) is 17.6 Å². The van der Waals surface area contributed by atoms with E-state index in [1.807, 2.05) is 11.8 Å². The molecule has 4 nitrogen and oxygen atoms in total.